The van der Waals surface area contributed by atoms with Gasteiger partial charge in [-0.1, -0.05) is 19.1 Å². The molecule has 1 aromatic heterocycles. The number of hydrogen-bond acceptors (Lipinski definition) is 4. The zero-order chi connectivity index (χ0) is 24.0. The molecule has 9 heteroatoms. The van der Waals surface area contributed by atoms with Crippen molar-refractivity contribution in [2.45, 2.75) is 25.4 Å². The van der Waals surface area contributed by atoms with Gasteiger partial charge in [-0.25, -0.2) is 0 Å². The maximum absolute atomic E-state index is 12.7. The maximum atomic E-state index is 12.7. The lowest BCUT2D eigenvalue weighted by molar-refractivity contribution is -0.137. The fourth-order valence-electron chi connectivity index (χ4n) is 3.17. The third-order valence-corrected chi connectivity index (χ3v) is 4.96. The summed E-state index contributed by atoms with van der Waals surface area (Å²) in [6, 6.07) is 12.8. The van der Waals surface area contributed by atoms with Crippen LogP contribution in [0.5, 0.6) is 5.75 Å². The minimum atomic E-state index is -4.40. The van der Waals surface area contributed by atoms with Gasteiger partial charge in [0.2, 0.25) is 5.91 Å². The summed E-state index contributed by atoms with van der Waals surface area (Å²) < 4.78 is 43.5. The number of methoxy groups -OCH3 is 1. The van der Waals surface area contributed by atoms with Gasteiger partial charge in [-0.2, -0.15) is 13.2 Å². The third-order valence-electron chi connectivity index (χ3n) is 4.96. The van der Waals surface area contributed by atoms with E-state index in [1.54, 1.807) is 43.5 Å². The van der Waals surface area contributed by atoms with Crippen molar-refractivity contribution in [1.29, 1.82) is 0 Å². The molecule has 0 radical (unpaired) electrons. The second-order valence-electron chi connectivity index (χ2n) is 7.38. The number of hydrogen-bond donors (Lipinski definition) is 2. The molecule has 2 amide bonds. The molecular formula is C24H22F3N3O3. The van der Waals surface area contributed by atoms with Crippen LogP contribution < -0.4 is 15.4 Å². The van der Waals surface area contributed by atoms with Gasteiger partial charge in [0.1, 0.15) is 5.75 Å². The van der Waals surface area contributed by atoms with Gasteiger partial charge in [-0.05, 0) is 47.9 Å². The summed E-state index contributed by atoms with van der Waals surface area (Å²) in [6.07, 6.45) is -1.32. The molecule has 1 heterocycles. The lowest BCUT2D eigenvalue weighted by Crippen LogP contribution is -2.15. The molecule has 0 aliphatic carbocycles. The van der Waals surface area contributed by atoms with Crippen LogP contribution >= 0.6 is 0 Å². The molecule has 172 valence electrons. The molecule has 3 aromatic rings. The Balaban J connectivity index is 1.63. The van der Waals surface area contributed by atoms with Gasteiger partial charge < -0.3 is 15.4 Å². The monoisotopic (exact) mass is 457 g/mol. The van der Waals surface area contributed by atoms with Crippen LogP contribution in [0.25, 0.3) is 0 Å². The fraction of sp³-hybridized carbons (Fsp3) is 0.208. The Bertz CT molecular complexity index is 1120. The molecule has 2 N–H and O–H groups in total. The second-order valence-corrected chi connectivity index (χ2v) is 7.38. The Hall–Kier alpha value is -3.88. The highest BCUT2D eigenvalue weighted by atomic mass is 19.4. The van der Waals surface area contributed by atoms with E-state index in [-0.39, 0.29) is 24.2 Å². The Morgan fingerprint density at radius 2 is 1.79 bits per heavy atom. The molecule has 6 nitrogen and oxygen atoms in total. The average Bonchev–Trinajstić information content (AvgIpc) is 2.80. The number of benzene rings is 2. The van der Waals surface area contributed by atoms with Gasteiger partial charge in [0, 0.05) is 30.6 Å². The summed E-state index contributed by atoms with van der Waals surface area (Å²) in [5, 5.41) is 5.47. The molecular weight excluding hydrogens is 435 g/mol. The largest absolute Gasteiger partial charge is 0.494 e. The third kappa shape index (κ3) is 6.31. The number of carbonyl (C=O) groups is 2. The quantitative estimate of drug-likeness (QED) is 0.491. The molecule has 0 saturated carbocycles. The molecule has 33 heavy (non-hydrogen) atoms. The van der Waals surface area contributed by atoms with E-state index in [1.165, 1.54) is 25.4 Å². The number of rotatable bonds is 7. The summed E-state index contributed by atoms with van der Waals surface area (Å²) in [5.74, 6) is -0.604. The summed E-state index contributed by atoms with van der Waals surface area (Å²) in [6.45, 7) is 1.76. The zero-order valence-electron chi connectivity index (χ0n) is 17.9. The number of halogens is 3. The zero-order valence-corrected chi connectivity index (χ0v) is 17.9. The number of carbonyl (C=O) groups excluding carboxylic acids is 2. The van der Waals surface area contributed by atoms with Gasteiger partial charge in [0.15, 0.2) is 0 Å². The molecule has 0 fully saturated rings. The number of anilines is 2. The first-order valence-corrected chi connectivity index (χ1v) is 10.0. The lowest BCUT2D eigenvalue weighted by Gasteiger charge is -2.15. The van der Waals surface area contributed by atoms with Gasteiger partial charge >= 0.3 is 6.18 Å². The number of nitrogens with one attached hydrogen (secondary N) is 2. The predicted molar refractivity (Wildman–Crippen MR) is 118 cm³/mol. The van der Waals surface area contributed by atoms with Crippen LogP contribution in [0.4, 0.5) is 24.5 Å². The second kappa shape index (κ2) is 10.2. The van der Waals surface area contributed by atoms with Crippen LogP contribution in [0.2, 0.25) is 0 Å². The van der Waals surface area contributed by atoms with Gasteiger partial charge in [0.25, 0.3) is 5.91 Å². The number of aromatic nitrogens is 1. The topological polar surface area (TPSA) is 80.3 Å². The van der Waals surface area contributed by atoms with Gasteiger partial charge in [-0.15, -0.1) is 0 Å². The molecule has 3 rings (SSSR count). The number of nitrogens with zero attached hydrogens (tertiary/aromatic N) is 1. The minimum Gasteiger partial charge on any atom is -0.494 e. The van der Waals surface area contributed by atoms with E-state index in [0.29, 0.717) is 28.3 Å². The molecule has 0 bridgehead atoms. The summed E-state index contributed by atoms with van der Waals surface area (Å²) in [4.78, 5) is 28.7. The van der Waals surface area contributed by atoms with Gasteiger partial charge in [0.05, 0.1) is 23.9 Å². The van der Waals surface area contributed by atoms with E-state index >= 15 is 0 Å². The van der Waals surface area contributed by atoms with Crippen molar-refractivity contribution in [1.82, 2.24) is 4.98 Å². The smallest absolute Gasteiger partial charge is 0.416 e. The van der Waals surface area contributed by atoms with Crippen molar-refractivity contribution in [3.63, 3.8) is 0 Å². The summed E-state index contributed by atoms with van der Waals surface area (Å²) in [5.41, 5.74) is 1.16. The average molecular weight is 457 g/mol. The van der Waals surface area contributed by atoms with E-state index in [4.69, 9.17) is 4.74 Å². The SMILES string of the molecule is COc1cc(NC(=O)CC(C)c2ccc(C(F)(F)F)cc2)ccc1NC(=O)c1cccnc1. The molecule has 0 aliphatic rings. The van der Waals surface area contributed by atoms with E-state index in [1.807, 2.05) is 0 Å². The first kappa shape index (κ1) is 23.8. The lowest BCUT2D eigenvalue weighted by atomic mass is 9.96. The normalized spacial score (nSPS) is 12.0. The van der Waals surface area contributed by atoms with Crippen LogP contribution in [-0.2, 0) is 11.0 Å². The first-order chi connectivity index (χ1) is 15.7. The van der Waals surface area contributed by atoms with E-state index in [0.717, 1.165) is 12.1 Å². The van der Waals surface area contributed by atoms with Crippen molar-refractivity contribution in [2.75, 3.05) is 17.7 Å². The van der Waals surface area contributed by atoms with Crippen LogP contribution in [0.1, 0.15) is 40.7 Å². The highest BCUT2D eigenvalue weighted by Gasteiger charge is 2.30. The van der Waals surface area contributed by atoms with Gasteiger partial charge in [-0.3, -0.25) is 14.6 Å². The Morgan fingerprint density at radius 3 is 2.39 bits per heavy atom. The maximum Gasteiger partial charge on any atom is 0.416 e. The van der Waals surface area contributed by atoms with Crippen LogP contribution in [0.3, 0.4) is 0 Å². The number of pyridine rings is 1. The number of ether oxygens (including phenoxy) is 1. The molecule has 0 saturated heterocycles. The van der Waals surface area contributed by atoms with Crippen molar-refractivity contribution in [3.05, 3.63) is 83.7 Å². The van der Waals surface area contributed by atoms with Crippen molar-refractivity contribution in [3.8, 4) is 5.75 Å². The van der Waals surface area contributed by atoms with Crippen molar-refractivity contribution >= 4 is 23.2 Å². The molecule has 0 aliphatic heterocycles. The van der Waals surface area contributed by atoms with Crippen LogP contribution in [0.15, 0.2) is 67.0 Å². The fourth-order valence-corrected chi connectivity index (χ4v) is 3.17. The summed E-state index contributed by atoms with van der Waals surface area (Å²) >= 11 is 0. The molecule has 2 aromatic carbocycles. The molecule has 1 atom stereocenters. The highest BCUT2D eigenvalue weighted by molar-refractivity contribution is 6.05. The predicted octanol–water partition coefficient (Wildman–Crippen LogP) is 5.49. The molecule has 0 spiro atoms. The van der Waals surface area contributed by atoms with E-state index in [2.05, 4.69) is 15.6 Å². The van der Waals surface area contributed by atoms with Crippen LogP contribution in [-0.4, -0.2) is 23.9 Å². The Kier molecular flexibility index (Phi) is 7.32. The first-order valence-electron chi connectivity index (χ1n) is 10.0. The van der Waals surface area contributed by atoms with E-state index in [9.17, 15) is 22.8 Å². The standard InChI is InChI=1S/C24H22F3N3O3/c1-15(16-5-7-18(8-6-16)24(25,26)27)12-22(31)29-19-9-10-20(21(13-19)33-2)30-23(32)17-4-3-11-28-14-17/h3-11,13-15H,12H2,1-2H3,(H,29,31)(H,30,32). The van der Waals surface area contributed by atoms with Crippen LogP contribution in [0, 0.1) is 0 Å². The summed E-state index contributed by atoms with van der Waals surface area (Å²) in [7, 11) is 1.44. The highest BCUT2D eigenvalue weighted by Crippen LogP contribution is 2.31. The Labute approximate surface area is 188 Å². The van der Waals surface area contributed by atoms with E-state index < -0.39 is 11.7 Å². The minimum absolute atomic E-state index is 0.0766. The Morgan fingerprint density at radius 1 is 1.06 bits per heavy atom. The number of amides is 2. The van der Waals surface area contributed by atoms with Crippen molar-refractivity contribution in [2.24, 2.45) is 0 Å². The molecule has 1 unspecified atom stereocenters. The van der Waals surface area contributed by atoms with Crippen molar-refractivity contribution < 1.29 is 27.5 Å². The number of alkyl halides is 3.